The summed E-state index contributed by atoms with van der Waals surface area (Å²) in [7, 11) is 0. The summed E-state index contributed by atoms with van der Waals surface area (Å²) in [6, 6.07) is 20.0. The van der Waals surface area contributed by atoms with E-state index in [4.69, 9.17) is 11.6 Å². The molecule has 4 nitrogen and oxygen atoms in total. The van der Waals surface area contributed by atoms with Crippen LogP contribution in [0.1, 0.15) is 53.1 Å². The zero-order valence-electron chi connectivity index (χ0n) is 20.7. The first kappa shape index (κ1) is 25.5. The number of hydrogen-bond acceptors (Lipinski definition) is 4. The molecule has 2 aromatic carbocycles. The van der Waals surface area contributed by atoms with Crippen molar-refractivity contribution in [1.82, 2.24) is 9.80 Å². The molecule has 36 heavy (non-hydrogen) atoms. The van der Waals surface area contributed by atoms with E-state index < -0.39 is 5.60 Å². The first-order valence-corrected chi connectivity index (χ1v) is 14.4. The number of likely N-dealkylation sites (tertiary alicyclic amines) is 2. The largest absolute Gasteiger partial charge is 0.390 e. The van der Waals surface area contributed by atoms with Gasteiger partial charge in [0.25, 0.3) is 5.91 Å². The number of carbonyl (C=O) groups excluding carboxylic acids is 1. The van der Waals surface area contributed by atoms with Gasteiger partial charge in [-0.25, -0.2) is 0 Å². The fraction of sp³-hybridized carbons (Fsp3) is 0.433. The summed E-state index contributed by atoms with van der Waals surface area (Å²) in [5.41, 5.74) is 2.78. The maximum atomic E-state index is 13.3. The van der Waals surface area contributed by atoms with E-state index in [2.05, 4.69) is 46.0 Å². The van der Waals surface area contributed by atoms with Crippen LogP contribution in [0.2, 0.25) is 5.02 Å². The Morgan fingerprint density at radius 3 is 2.58 bits per heavy atom. The van der Waals surface area contributed by atoms with Crippen LogP contribution in [0.25, 0.3) is 0 Å². The summed E-state index contributed by atoms with van der Waals surface area (Å²) >= 11 is 7.87. The summed E-state index contributed by atoms with van der Waals surface area (Å²) in [4.78, 5) is 17.8. The van der Waals surface area contributed by atoms with Crippen LogP contribution in [0.15, 0.2) is 71.4 Å². The Labute approximate surface area is 223 Å². The Balaban J connectivity index is 1.17. The minimum atomic E-state index is -0.553. The molecule has 2 unspecified atom stereocenters. The SMILES string of the molecule is O=C(c1cccc(Cl)c1)N1CC(CN2CCC(O)(CCCc3ccccc3)CC2)C(c2ccsc2)C1. The third kappa shape index (κ3) is 6.20. The second-order valence-corrected chi connectivity index (χ2v) is 11.7. The second kappa shape index (κ2) is 11.5. The van der Waals surface area contributed by atoms with E-state index in [0.29, 0.717) is 22.4 Å². The molecule has 190 valence electrons. The van der Waals surface area contributed by atoms with Crippen molar-refractivity contribution in [2.45, 2.75) is 43.6 Å². The van der Waals surface area contributed by atoms with Crippen molar-refractivity contribution in [3.63, 3.8) is 0 Å². The summed E-state index contributed by atoms with van der Waals surface area (Å²) < 4.78 is 0. The molecule has 6 heteroatoms. The van der Waals surface area contributed by atoms with Crippen molar-refractivity contribution in [3.8, 4) is 0 Å². The van der Waals surface area contributed by atoms with Gasteiger partial charge >= 0.3 is 0 Å². The van der Waals surface area contributed by atoms with Gasteiger partial charge in [0.15, 0.2) is 0 Å². The van der Waals surface area contributed by atoms with Crippen LogP contribution in [0, 0.1) is 5.92 Å². The maximum Gasteiger partial charge on any atom is 0.253 e. The fourth-order valence-electron chi connectivity index (χ4n) is 5.89. The van der Waals surface area contributed by atoms with Gasteiger partial charge in [-0.15, -0.1) is 0 Å². The van der Waals surface area contributed by atoms with Crippen LogP contribution in [0.4, 0.5) is 0 Å². The average Bonchev–Trinajstić information content (AvgIpc) is 3.56. The van der Waals surface area contributed by atoms with Gasteiger partial charge < -0.3 is 14.9 Å². The van der Waals surface area contributed by atoms with Gasteiger partial charge in [0, 0.05) is 49.2 Å². The van der Waals surface area contributed by atoms with Gasteiger partial charge in [-0.05, 0) is 84.2 Å². The molecule has 0 bridgehead atoms. The minimum absolute atomic E-state index is 0.0617. The monoisotopic (exact) mass is 522 g/mol. The predicted molar refractivity (Wildman–Crippen MR) is 148 cm³/mol. The molecule has 0 saturated carbocycles. The maximum absolute atomic E-state index is 13.3. The van der Waals surface area contributed by atoms with Gasteiger partial charge in [0.05, 0.1) is 5.60 Å². The molecule has 3 heterocycles. The zero-order chi connectivity index (χ0) is 25.0. The minimum Gasteiger partial charge on any atom is -0.390 e. The zero-order valence-corrected chi connectivity index (χ0v) is 22.3. The molecule has 3 aromatic rings. The van der Waals surface area contributed by atoms with E-state index in [0.717, 1.165) is 64.8 Å². The first-order chi connectivity index (χ1) is 17.5. The second-order valence-electron chi connectivity index (χ2n) is 10.5. The van der Waals surface area contributed by atoms with E-state index in [9.17, 15) is 9.90 Å². The molecule has 2 aliphatic heterocycles. The number of halogens is 1. The van der Waals surface area contributed by atoms with E-state index in [1.807, 2.05) is 23.1 Å². The normalized spacial score (nSPS) is 22.1. The van der Waals surface area contributed by atoms with Gasteiger partial charge in [0.2, 0.25) is 0 Å². The molecule has 2 fully saturated rings. The van der Waals surface area contributed by atoms with Crippen molar-refractivity contribution in [3.05, 3.63) is 93.1 Å². The number of benzene rings is 2. The number of hydrogen-bond donors (Lipinski definition) is 1. The standard InChI is InChI=1S/C30H35ClN2O2S/c31-27-10-4-9-24(18-27)29(34)33-20-26(28(21-33)25-11-17-36-22-25)19-32-15-13-30(35,14-16-32)12-5-8-23-6-2-1-3-7-23/h1-4,6-7,9-11,17-18,22,26,28,35H,5,8,12-16,19-21H2. The van der Waals surface area contributed by atoms with E-state index >= 15 is 0 Å². The third-order valence-electron chi connectivity index (χ3n) is 8.00. The molecule has 2 saturated heterocycles. The Morgan fingerprint density at radius 1 is 1.06 bits per heavy atom. The van der Waals surface area contributed by atoms with Crippen molar-refractivity contribution in [1.29, 1.82) is 0 Å². The molecule has 0 aliphatic carbocycles. The highest BCUT2D eigenvalue weighted by atomic mass is 35.5. The van der Waals surface area contributed by atoms with E-state index in [-0.39, 0.29) is 5.91 Å². The number of piperidine rings is 1. The van der Waals surface area contributed by atoms with Crippen molar-refractivity contribution in [2.75, 3.05) is 32.7 Å². The molecular weight excluding hydrogens is 488 g/mol. The van der Waals surface area contributed by atoms with Crippen LogP contribution in [0.3, 0.4) is 0 Å². The predicted octanol–water partition coefficient (Wildman–Crippen LogP) is 6.11. The summed E-state index contributed by atoms with van der Waals surface area (Å²) in [6.45, 7) is 4.28. The van der Waals surface area contributed by atoms with Crippen molar-refractivity contribution in [2.24, 2.45) is 5.92 Å². The Hall–Kier alpha value is -2.18. The summed E-state index contributed by atoms with van der Waals surface area (Å²) in [5.74, 6) is 0.782. The highest BCUT2D eigenvalue weighted by molar-refractivity contribution is 7.08. The summed E-state index contributed by atoms with van der Waals surface area (Å²) in [5, 5.41) is 16.2. The lowest BCUT2D eigenvalue weighted by atomic mass is 9.84. The topological polar surface area (TPSA) is 43.8 Å². The molecule has 2 atom stereocenters. The van der Waals surface area contributed by atoms with E-state index in [1.165, 1.54) is 11.1 Å². The molecule has 0 spiro atoms. The highest BCUT2D eigenvalue weighted by Crippen LogP contribution is 2.36. The molecule has 2 aliphatic rings. The molecule has 1 amide bonds. The van der Waals surface area contributed by atoms with Crippen LogP contribution in [-0.2, 0) is 6.42 Å². The third-order valence-corrected chi connectivity index (χ3v) is 8.94. The molecular formula is C30H35ClN2O2S. The number of aliphatic hydroxyl groups is 1. The van der Waals surface area contributed by atoms with Gasteiger partial charge in [-0.2, -0.15) is 11.3 Å². The number of amides is 1. The first-order valence-electron chi connectivity index (χ1n) is 13.0. The molecule has 5 rings (SSSR count). The van der Waals surface area contributed by atoms with E-state index in [1.54, 1.807) is 23.5 Å². The quantitative estimate of drug-likeness (QED) is 0.388. The lowest BCUT2D eigenvalue weighted by Crippen LogP contribution is -2.46. The lowest BCUT2D eigenvalue weighted by Gasteiger charge is -2.39. The van der Waals surface area contributed by atoms with Crippen LogP contribution in [-0.4, -0.2) is 59.1 Å². The van der Waals surface area contributed by atoms with Gasteiger partial charge in [0.1, 0.15) is 0 Å². The fourth-order valence-corrected chi connectivity index (χ4v) is 6.80. The summed E-state index contributed by atoms with van der Waals surface area (Å²) in [6.07, 6.45) is 4.54. The number of rotatable bonds is 8. The number of thiophene rings is 1. The molecule has 0 radical (unpaired) electrons. The molecule has 1 N–H and O–H groups in total. The van der Waals surface area contributed by atoms with Crippen molar-refractivity contribution >= 4 is 28.8 Å². The van der Waals surface area contributed by atoms with Crippen LogP contribution in [0.5, 0.6) is 0 Å². The Morgan fingerprint density at radius 2 is 1.86 bits per heavy atom. The van der Waals surface area contributed by atoms with Gasteiger partial charge in [-0.3, -0.25) is 4.79 Å². The smallest absolute Gasteiger partial charge is 0.253 e. The lowest BCUT2D eigenvalue weighted by molar-refractivity contribution is -0.0315. The Kier molecular flexibility index (Phi) is 8.12. The van der Waals surface area contributed by atoms with Crippen LogP contribution < -0.4 is 0 Å². The number of carbonyl (C=O) groups is 1. The van der Waals surface area contributed by atoms with Crippen molar-refractivity contribution < 1.29 is 9.90 Å². The highest BCUT2D eigenvalue weighted by Gasteiger charge is 2.39. The van der Waals surface area contributed by atoms with Gasteiger partial charge in [-0.1, -0.05) is 48.0 Å². The molecule has 1 aromatic heterocycles. The van der Waals surface area contributed by atoms with Crippen LogP contribution >= 0.6 is 22.9 Å². The number of aryl methyl sites for hydroxylation is 1. The Bertz CT molecular complexity index is 1130. The average molecular weight is 523 g/mol. The number of nitrogens with zero attached hydrogens (tertiary/aromatic N) is 2.